The van der Waals surface area contributed by atoms with E-state index in [0.717, 1.165) is 10.8 Å². The molecule has 0 radical (unpaired) electrons. The largest absolute Gasteiger partial charge is 0.506 e. The van der Waals surface area contributed by atoms with Gasteiger partial charge < -0.3 is 19.3 Å². The van der Waals surface area contributed by atoms with Crippen LogP contribution < -0.4 is 9.47 Å². The van der Waals surface area contributed by atoms with Gasteiger partial charge in [-0.1, -0.05) is 24.3 Å². The molecular formula is C18H16O5. The van der Waals surface area contributed by atoms with Crippen molar-refractivity contribution < 1.29 is 24.1 Å². The number of phenols is 1. The molecule has 0 aliphatic rings. The second-order valence-corrected chi connectivity index (χ2v) is 5.01. The monoisotopic (exact) mass is 312 g/mol. The molecule has 0 unspecified atom stereocenters. The van der Waals surface area contributed by atoms with Crippen LogP contribution in [-0.2, 0) is 4.74 Å². The molecule has 0 aromatic heterocycles. The lowest BCUT2D eigenvalue weighted by atomic mass is 9.95. The summed E-state index contributed by atoms with van der Waals surface area (Å²) in [4.78, 5) is 12.2. The third-order valence-corrected chi connectivity index (χ3v) is 3.89. The van der Waals surface area contributed by atoms with Crippen LogP contribution in [0.3, 0.4) is 0 Å². The zero-order chi connectivity index (χ0) is 16.6. The van der Waals surface area contributed by atoms with Gasteiger partial charge in [-0.05, 0) is 22.9 Å². The third kappa shape index (κ3) is 2.21. The Morgan fingerprint density at radius 3 is 2.00 bits per heavy atom. The highest BCUT2D eigenvalue weighted by atomic mass is 16.5. The van der Waals surface area contributed by atoms with Crippen molar-refractivity contribution in [1.82, 2.24) is 0 Å². The summed E-state index contributed by atoms with van der Waals surface area (Å²) < 4.78 is 15.5. The van der Waals surface area contributed by atoms with Crippen molar-refractivity contribution in [3.8, 4) is 17.2 Å². The molecule has 5 nitrogen and oxygen atoms in total. The molecule has 0 aliphatic heterocycles. The van der Waals surface area contributed by atoms with Crippen molar-refractivity contribution >= 4 is 27.5 Å². The number of hydrogen-bond donors (Lipinski definition) is 1. The first-order valence-corrected chi connectivity index (χ1v) is 7.00. The number of carbonyl (C=O) groups is 1. The topological polar surface area (TPSA) is 65.0 Å². The molecule has 0 heterocycles. The summed E-state index contributed by atoms with van der Waals surface area (Å²) >= 11 is 0. The van der Waals surface area contributed by atoms with Crippen LogP contribution in [0.15, 0.2) is 36.4 Å². The van der Waals surface area contributed by atoms with E-state index in [0.29, 0.717) is 22.3 Å². The van der Waals surface area contributed by atoms with Gasteiger partial charge in [0.25, 0.3) is 0 Å². The van der Waals surface area contributed by atoms with Crippen LogP contribution in [0.25, 0.3) is 21.5 Å². The summed E-state index contributed by atoms with van der Waals surface area (Å²) in [5.41, 5.74) is 0.113. The smallest absolute Gasteiger partial charge is 0.342 e. The van der Waals surface area contributed by atoms with Gasteiger partial charge in [-0.2, -0.15) is 0 Å². The molecule has 0 bridgehead atoms. The van der Waals surface area contributed by atoms with E-state index in [2.05, 4.69) is 0 Å². The fraction of sp³-hybridized carbons (Fsp3) is 0.167. The predicted octanol–water partition coefficient (Wildman–Crippen LogP) is 3.50. The summed E-state index contributed by atoms with van der Waals surface area (Å²) in [5, 5.41) is 13.3. The zero-order valence-electron chi connectivity index (χ0n) is 13.0. The number of carbonyl (C=O) groups excluding carboxylic acids is 1. The number of esters is 1. The van der Waals surface area contributed by atoms with E-state index in [1.807, 2.05) is 12.1 Å². The summed E-state index contributed by atoms with van der Waals surface area (Å²) in [6.07, 6.45) is 0. The Balaban J connectivity index is 2.56. The van der Waals surface area contributed by atoms with Gasteiger partial charge in [-0.3, -0.25) is 0 Å². The number of rotatable bonds is 3. The van der Waals surface area contributed by atoms with E-state index in [4.69, 9.17) is 14.2 Å². The summed E-state index contributed by atoms with van der Waals surface area (Å²) in [7, 11) is 4.35. The highest BCUT2D eigenvalue weighted by Gasteiger charge is 2.22. The normalized spacial score (nSPS) is 10.7. The van der Waals surface area contributed by atoms with Crippen molar-refractivity contribution in [3.63, 3.8) is 0 Å². The standard InChI is InChI=1S/C18H16O5/c1-21-14-8-12-10-6-4-5-7-11(10)17(19)16(18(20)23-3)13(12)9-15(14)22-2/h4-9,19H,1-3H3. The maximum atomic E-state index is 12.2. The van der Waals surface area contributed by atoms with Crippen LogP contribution in [0.4, 0.5) is 0 Å². The number of methoxy groups -OCH3 is 3. The Labute approximate surface area is 133 Å². The fourth-order valence-corrected chi connectivity index (χ4v) is 2.80. The van der Waals surface area contributed by atoms with E-state index in [9.17, 15) is 9.90 Å². The first kappa shape index (κ1) is 15.0. The van der Waals surface area contributed by atoms with Crippen LogP contribution in [0.5, 0.6) is 17.2 Å². The molecule has 118 valence electrons. The first-order chi connectivity index (χ1) is 11.1. The van der Waals surface area contributed by atoms with Crippen LogP contribution in [0, 0.1) is 0 Å². The molecule has 23 heavy (non-hydrogen) atoms. The van der Waals surface area contributed by atoms with Crippen LogP contribution in [0.1, 0.15) is 10.4 Å². The number of benzene rings is 3. The van der Waals surface area contributed by atoms with Crippen molar-refractivity contribution in [2.45, 2.75) is 0 Å². The van der Waals surface area contributed by atoms with Crippen LogP contribution in [-0.4, -0.2) is 32.4 Å². The maximum Gasteiger partial charge on any atom is 0.342 e. The lowest BCUT2D eigenvalue weighted by Crippen LogP contribution is -2.04. The van der Waals surface area contributed by atoms with Gasteiger partial charge in [0.1, 0.15) is 11.3 Å². The second kappa shape index (κ2) is 5.68. The second-order valence-electron chi connectivity index (χ2n) is 5.01. The number of hydrogen-bond acceptors (Lipinski definition) is 5. The predicted molar refractivity (Wildman–Crippen MR) is 87.6 cm³/mol. The summed E-state index contributed by atoms with van der Waals surface area (Å²) in [6, 6.07) is 10.8. The Morgan fingerprint density at radius 1 is 0.870 bits per heavy atom. The van der Waals surface area contributed by atoms with E-state index < -0.39 is 5.97 Å². The Hall–Kier alpha value is -2.95. The highest BCUT2D eigenvalue weighted by molar-refractivity contribution is 6.20. The quantitative estimate of drug-likeness (QED) is 0.592. The number of fused-ring (bicyclic) bond motifs is 3. The van der Waals surface area contributed by atoms with Gasteiger partial charge in [-0.25, -0.2) is 4.79 Å². The molecule has 3 rings (SSSR count). The summed E-state index contributed by atoms with van der Waals surface area (Å²) in [6.45, 7) is 0. The minimum absolute atomic E-state index is 0.104. The van der Waals surface area contributed by atoms with Crippen molar-refractivity contribution in [2.75, 3.05) is 21.3 Å². The lowest BCUT2D eigenvalue weighted by Gasteiger charge is -2.15. The molecule has 0 spiro atoms. The summed E-state index contributed by atoms with van der Waals surface area (Å²) in [5.74, 6) is 0.309. The number of aromatic hydroxyl groups is 1. The molecule has 0 saturated carbocycles. The Bertz CT molecular complexity index is 914. The molecule has 3 aromatic carbocycles. The van der Waals surface area contributed by atoms with E-state index in [1.54, 1.807) is 31.4 Å². The molecule has 0 amide bonds. The molecule has 1 N–H and O–H groups in total. The van der Waals surface area contributed by atoms with Gasteiger partial charge >= 0.3 is 5.97 Å². The highest BCUT2D eigenvalue weighted by Crippen LogP contribution is 2.42. The molecule has 0 atom stereocenters. The minimum Gasteiger partial charge on any atom is -0.506 e. The van der Waals surface area contributed by atoms with E-state index in [1.165, 1.54) is 14.2 Å². The van der Waals surface area contributed by atoms with Crippen molar-refractivity contribution in [2.24, 2.45) is 0 Å². The number of phenolic OH excluding ortho intramolecular Hbond substituents is 1. The molecular weight excluding hydrogens is 296 g/mol. The van der Waals surface area contributed by atoms with Crippen molar-refractivity contribution in [3.05, 3.63) is 42.0 Å². The molecule has 3 aromatic rings. The fourth-order valence-electron chi connectivity index (χ4n) is 2.80. The van der Waals surface area contributed by atoms with E-state index in [-0.39, 0.29) is 11.3 Å². The SMILES string of the molecule is COC(=O)c1c(O)c2ccccc2c2cc(OC)c(OC)cc12. The number of ether oxygens (including phenoxy) is 3. The third-order valence-electron chi connectivity index (χ3n) is 3.89. The Morgan fingerprint density at radius 2 is 1.43 bits per heavy atom. The molecule has 0 aliphatic carbocycles. The van der Waals surface area contributed by atoms with Gasteiger partial charge in [-0.15, -0.1) is 0 Å². The Kier molecular flexibility index (Phi) is 3.70. The maximum absolute atomic E-state index is 12.2. The van der Waals surface area contributed by atoms with Gasteiger partial charge in [0.15, 0.2) is 11.5 Å². The van der Waals surface area contributed by atoms with Crippen molar-refractivity contribution in [1.29, 1.82) is 0 Å². The average molecular weight is 312 g/mol. The molecule has 5 heteroatoms. The molecule has 0 saturated heterocycles. The van der Waals surface area contributed by atoms with Gasteiger partial charge in [0.2, 0.25) is 0 Å². The van der Waals surface area contributed by atoms with Crippen LogP contribution in [0.2, 0.25) is 0 Å². The minimum atomic E-state index is -0.606. The van der Waals surface area contributed by atoms with E-state index >= 15 is 0 Å². The average Bonchev–Trinajstić information content (AvgIpc) is 2.60. The van der Waals surface area contributed by atoms with Crippen LogP contribution >= 0.6 is 0 Å². The zero-order valence-corrected chi connectivity index (χ0v) is 13.0. The van der Waals surface area contributed by atoms with Gasteiger partial charge in [0.05, 0.1) is 21.3 Å². The first-order valence-electron chi connectivity index (χ1n) is 7.00. The lowest BCUT2D eigenvalue weighted by molar-refractivity contribution is 0.0600. The molecule has 0 fully saturated rings. The van der Waals surface area contributed by atoms with Gasteiger partial charge in [0, 0.05) is 10.8 Å².